The molecule has 6 rings (SSSR count). The number of aromatic amines is 1. The lowest BCUT2D eigenvalue weighted by atomic mass is 9.99. The molecule has 5 heterocycles. The summed E-state index contributed by atoms with van der Waals surface area (Å²) >= 11 is 0. The summed E-state index contributed by atoms with van der Waals surface area (Å²) in [6, 6.07) is 4.60. The molecule has 2 saturated heterocycles. The van der Waals surface area contributed by atoms with Crippen LogP contribution in [0.5, 0.6) is 5.88 Å². The minimum absolute atomic E-state index is 0.154. The van der Waals surface area contributed by atoms with E-state index in [0.29, 0.717) is 36.4 Å². The Balaban J connectivity index is 1.28. The Bertz CT molecular complexity index is 1290. The van der Waals surface area contributed by atoms with Crippen molar-refractivity contribution in [1.29, 1.82) is 0 Å². The molecule has 9 nitrogen and oxygen atoms in total. The third-order valence-electron chi connectivity index (χ3n) is 7.78. The quantitative estimate of drug-likeness (QED) is 0.439. The van der Waals surface area contributed by atoms with Gasteiger partial charge in [-0.05, 0) is 25.0 Å². The fourth-order valence-electron chi connectivity index (χ4n) is 5.81. The van der Waals surface area contributed by atoms with Crippen molar-refractivity contribution < 1.29 is 22.6 Å². The molecule has 0 unspecified atom stereocenters. The van der Waals surface area contributed by atoms with Crippen molar-refractivity contribution in [3.63, 3.8) is 0 Å². The van der Waals surface area contributed by atoms with Crippen molar-refractivity contribution in [1.82, 2.24) is 25.4 Å². The summed E-state index contributed by atoms with van der Waals surface area (Å²) in [5.74, 6) is 0.531. The van der Waals surface area contributed by atoms with E-state index in [1.165, 1.54) is 12.3 Å². The summed E-state index contributed by atoms with van der Waals surface area (Å²) in [6.45, 7) is 9.09. The zero-order chi connectivity index (χ0) is 26.8. The lowest BCUT2D eigenvalue weighted by Gasteiger charge is -2.37. The van der Waals surface area contributed by atoms with Gasteiger partial charge in [0.05, 0.1) is 55.0 Å². The molecular weight excluding hydrogens is 511 g/mol. The Morgan fingerprint density at radius 1 is 1.03 bits per heavy atom. The van der Waals surface area contributed by atoms with Crippen LogP contribution < -0.4 is 19.9 Å². The van der Waals surface area contributed by atoms with Gasteiger partial charge in [0, 0.05) is 75.1 Å². The smallest absolute Gasteiger partial charge is 0.418 e. The van der Waals surface area contributed by atoms with Crippen molar-refractivity contribution in [2.75, 3.05) is 82.0 Å². The van der Waals surface area contributed by atoms with Crippen molar-refractivity contribution in [2.24, 2.45) is 0 Å². The second kappa shape index (κ2) is 11.2. The van der Waals surface area contributed by atoms with E-state index in [4.69, 9.17) is 14.5 Å². The molecule has 2 N–H and O–H groups in total. The molecule has 0 saturated carbocycles. The third kappa shape index (κ3) is 5.64. The predicted molar refractivity (Wildman–Crippen MR) is 143 cm³/mol. The number of rotatable bonds is 7. The zero-order valence-electron chi connectivity index (χ0n) is 21.9. The average Bonchev–Trinajstić information content (AvgIpc) is 3.44. The van der Waals surface area contributed by atoms with Crippen molar-refractivity contribution in [3.8, 4) is 5.88 Å². The Labute approximate surface area is 225 Å². The van der Waals surface area contributed by atoms with Gasteiger partial charge in [0.15, 0.2) is 0 Å². The molecule has 2 aromatic heterocycles. The molecule has 210 valence electrons. The number of piperazine rings is 1. The molecular formula is C27H34F3N7O2. The zero-order valence-corrected chi connectivity index (χ0v) is 21.9. The maximum atomic E-state index is 14.1. The van der Waals surface area contributed by atoms with Crippen LogP contribution in [-0.2, 0) is 23.9 Å². The summed E-state index contributed by atoms with van der Waals surface area (Å²) in [5, 5.41) is 10.7. The average molecular weight is 546 g/mol. The first kappa shape index (κ1) is 26.1. The van der Waals surface area contributed by atoms with Gasteiger partial charge in [-0.25, -0.2) is 4.98 Å². The van der Waals surface area contributed by atoms with Crippen LogP contribution in [0.4, 0.5) is 24.5 Å². The maximum Gasteiger partial charge on any atom is 0.418 e. The Morgan fingerprint density at radius 2 is 1.85 bits per heavy atom. The van der Waals surface area contributed by atoms with Gasteiger partial charge in [-0.2, -0.15) is 18.3 Å². The van der Waals surface area contributed by atoms with Crippen LogP contribution >= 0.6 is 0 Å². The van der Waals surface area contributed by atoms with Crippen LogP contribution in [0.25, 0.3) is 10.9 Å². The molecule has 3 aliphatic rings. The number of nitrogens with one attached hydrogen (secondary N) is 2. The van der Waals surface area contributed by atoms with Crippen molar-refractivity contribution >= 4 is 22.3 Å². The van der Waals surface area contributed by atoms with E-state index in [1.54, 1.807) is 4.90 Å². The van der Waals surface area contributed by atoms with Gasteiger partial charge in [-0.1, -0.05) is 0 Å². The minimum atomic E-state index is -4.48. The Morgan fingerprint density at radius 3 is 2.64 bits per heavy atom. The van der Waals surface area contributed by atoms with Crippen molar-refractivity contribution in [2.45, 2.75) is 25.6 Å². The molecule has 0 amide bonds. The number of pyridine rings is 1. The predicted octanol–water partition coefficient (Wildman–Crippen LogP) is 3.05. The van der Waals surface area contributed by atoms with Gasteiger partial charge in [0.25, 0.3) is 0 Å². The SMILES string of the molecule is FC(F)(F)c1ccc2[nH]ncc2c1N1CCc2c(N3CCNCC3)cc(OCCCN3CCOCC3)nc2C1. The van der Waals surface area contributed by atoms with Crippen LogP contribution in [0.1, 0.15) is 23.2 Å². The van der Waals surface area contributed by atoms with Gasteiger partial charge in [0.2, 0.25) is 5.88 Å². The number of nitrogens with zero attached hydrogens (tertiary/aromatic N) is 5. The molecule has 0 atom stereocenters. The summed E-state index contributed by atoms with van der Waals surface area (Å²) in [6.07, 6.45) is -1.54. The van der Waals surface area contributed by atoms with Crippen LogP contribution in [0.3, 0.4) is 0 Å². The first-order chi connectivity index (χ1) is 19.0. The van der Waals surface area contributed by atoms with Crippen LogP contribution in [0.2, 0.25) is 0 Å². The van der Waals surface area contributed by atoms with E-state index in [-0.39, 0.29) is 12.2 Å². The maximum absolute atomic E-state index is 14.1. The number of fused-ring (bicyclic) bond motifs is 2. The second-order valence-electron chi connectivity index (χ2n) is 10.3. The highest BCUT2D eigenvalue weighted by Gasteiger charge is 2.37. The number of hydrogen-bond donors (Lipinski definition) is 2. The molecule has 0 spiro atoms. The largest absolute Gasteiger partial charge is 0.478 e. The Hall–Kier alpha value is -3.09. The lowest BCUT2D eigenvalue weighted by molar-refractivity contribution is -0.137. The first-order valence-electron chi connectivity index (χ1n) is 13.7. The molecule has 3 aliphatic heterocycles. The molecule has 12 heteroatoms. The van der Waals surface area contributed by atoms with Gasteiger partial charge < -0.3 is 24.6 Å². The molecule has 0 aliphatic carbocycles. The highest BCUT2D eigenvalue weighted by Crippen LogP contribution is 2.43. The topological polar surface area (TPSA) is 81.8 Å². The fraction of sp³-hybridized carbons (Fsp3) is 0.556. The van der Waals surface area contributed by atoms with E-state index in [0.717, 1.165) is 88.5 Å². The highest BCUT2D eigenvalue weighted by atomic mass is 19.4. The van der Waals surface area contributed by atoms with E-state index < -0.39 is 11.7 Å². The molecule has 0 bridgehead atoms. The number of H-pyrrole nitrogens is 1. The summed E-state index contributed by atoms with van der Waals surface area (Å²) < 4.78 is 53.9. The van der Waals surface area contributed by atoms with E-state index in [2.05, 4.69) is 25.3 Å². The third-order valence-corrected chi connectivity index (χ3v) is 7.78. The number of benzene rings is 1. The molecule has 1 aromatic carbocycles. The number of halogens is 3. The van der Waals surface area contributed by atoms with Crippen LogP contribution in [0.15, 0.2) is 24.4 Å². The summed E-state index contributed by atoms with van der Waals surface area (Å²) in [5.41, 5.74) is 3.03. The number of morpholine rings is 1. The molecule has 39 heavy (non-hydrogen) atoms. The normalized spacial score (nSPS) is 18.9. The molecule has 0 radical (unpaired) electrons. The van der Waals surface area contributed by atoms with Gasteiger partial charge in [-0.3, -0.25) is 10.00 Å². The van der Waals surface area contributed by atoms with Gasteiger partial charge in [0.1, 0.15) is 0 Å². The molecule has 3 aromatic rings. The second-order valence-corrected chi connectivity index (χ2v) is 10.3. The van der Waals surface area contributed by atoms with E-state index in [1.807, 2.05) is 6.07 Å². The Kier molecular flexibility index (Phi) is 7.50. The van der Waals surface area contributed by atoms with Crippen molar-refractivity contribution in [3.05, 3.63) is 41.2 Å². The standard InChI is InChI=1S/C27H34F3N7O2/c28-27(29,30)21-2-3-22-20(17-32-34-22)26(21)37-8-4-19-23(18-37)33-25(16-24(19)36-9-5-31-6-10-36)39-13-1-7-35-11-14-38-15-12-35/h2-3,16-17,31H,1,4-15,18H2,(H,32,34). The number of aromatic nitrogens is 3. The van der Waals surface area contributed by atoms with Gasteiger partial charge >= 0.3 is 6.18 Å². The van der Waals surface area contributed by atoms with Crippen LogP contribution in [0, 0.1) is 0 Å². The number of anilines is 2. The van der Waals surface area contributed by atoms with Gasteiger partial charge in [-0.15, -0.1) is 0 Å². The lowest BCUT2D eigenvalue weighted by Crippen LogP contribution is -2.44. The summed E-state index contributed by atoms with van der Waals surface area (Å²) in [7, 11) is 0. The monoisotopic (exact) mass is 545 g/mol. The highest BCUT2D eigenvalue weighted by molar-refractivity contribution is 5.94. The number of alkyl halides is 3. The minimum Gasteiger partial charge on any atom is -0.478 e. The molecule has 2 fully saturated rings. The van der Waals surface area contributed by atoms with E-state index in [9.17, 15) is 13.2 Å². The van der Waals surface area contributed by atoms with E-state index >= 15 is 0 Å². The number of ether oxygens (including phenoxy) is 2. The number of hydrogen-bond acceptors (Lipinski definition) is 8. The first-order valence-corrected chi connectivity index (χ1v) is 13.7. The van der Waals surface area contributed by atoms with Crippen LogP contribution in [-0.4, -0.2) is 92.3 Å². The fourth-order valence-corrected chi connectivity index (χ4v) is 5.81. The summed E-state index contributed by atoms with van der Waals surface area (Å²) in [4.78, 5) is 11.3.